The van der Waals surface area contributed by atoms with Crippen molar-refractivity contribution in [3.8, 4) is 0 Å². The molecular formula is C20H21FN2O. The SMILES string of the molecule is Cc1[nH]c2ccccc2c1C(C)(C)CNC(=O)c1ccc(F)cc1. The zero-order valence-corrected chi connectivity index (χ0v) is 14.1. The summed E-state index contributed by atoms with van der Waals surface area (Å²) < 4.78 is 13.0. The molecule has 0 fully saturated rings. The summed E-state index contributed by atoms with van der Waals surface area (Å²) in [6.45, 7) is 6.77. The minimum atomic E-state index is -0.346. The number of halogens is 1. The maximum Gasteiger partial charge on any atom is 0.251 e. The van der Waals surface area contributed by atoms with Gasteiger partial charge in [-0.05, 0) is 42.8 Å². The van der Waals surface area contributed by atoms with Crippen LogP contribution in [0, 0.1) is 12.7 Å². The van der Waals surface area contributed by atoms with E-state index in [2.05, 4.69) is 43.2 Å². The molecule has 1 amide bonds. The number of hydrogen-bond donors (Lipinski definition) is 2. The van der Waals surface area contributed by atoms with E-state index >= 15 is 0 Å². The molecule has 0 unspecified atom stereocenters. The maximum atomic E-state index is 13.0. The second-order valence-corrected chi connectivity index (χ2v) is 6.74. The standard InChI is InChI=1S/C20H21FN2O/c1-13-18(16-6-4-5-7-17(16)23-13)20(2,3)12-22-19(24)14-8-10-15(21)11-9-14/h4-11,23H,12H2,1-3H3,(H,22,24). The van der Waals surface area contributed by atoms with E-state index in [1.807, 2.05) is 12.1 Å². The first-order valence-electron chi connectivity index (χ1n) is 8.00. The van der Waals surface area contributed by atoms with Gasteiger partial charge in [-0.25, -0.2) is 4.39 Å². The fourth-order valence-corrected chi connectivity index (χ4v) is 3.24. The molecule has 4 heteroatoms. The third-order valence-corrected chi connectivity index (χ3v) is 4.37. The number of aromatic nitrogens is 1. The van der Waals surface area contributed by atoms with Crippen molar-refractivity contribution in [1.29, 1.82) is 0 Å². The molecule has 1 aromatic heterocycles. The highest BCUT2D eigenvalue weighted by Gasteiger charge is 2.27. The fraction of sp³-hybridized carbons (Fsp3) is 0.250. The van der Waals surface area contributed by atoms with E-state index in [0.29, 0.717) is 12.1 Å². The summed E-state index contributed by atoms with van der Waals surface area (Å²) in [5.74, 6) is -0.540. The summed E-state index contributed by atoms with van der Waals surface area (Å²) in [7, 11) is 0. The molecule has 0 spiro atoms. The van der Waals surface area contributed by atoms with Crippen molar-refractivity contribution in [2.45, 2.75) is 26.2 Å². The molecule has 124 valence electrons. The summed E-state index contributed by atoms with van der Waals surface area (Å²) in [6, 6.07) is 13.8. The largest absolute Gasteiger partial charge is 0.358 e. The third kappa shape index (κ3) is 3.04. The minimum Gasteiger partial charge on any atom is -0.358 e. The number of nitrogens with one attached hydrogen (secondary N) is 2. The van der Waals surface area contributed by atoms with Crippen LogP contribution in [-0.4, -0.2) is 17.4 Å². The van der Waals surface area contributed by atoms with Crippen LogP contribution in [0.4, 0.5) is 4.39 Å². The first-order chi connectivity index (χ1) is 11.4. The number of hydrogen-bond acceptors (Lipinski definition) is 1. The molecule has 0 saturated carbocycles. The molecule has 0 aliphatic rings. The highest BCUT2D eigenvalue weighted by atomic mass is 19.1. The fourth-order valence-electron chi connectivity index (χ4n) is 3.24. The van der Waals surface area contributed by atoms with Crippen molar-refractivity contribution in [3.05, 3.63) is 71.2 Å². The Bertz CT molecular complexity index is 878. The number of carbonyl (C=O) groups excluding carboxylic acids is 1. The van der Waals surface area contributed by atoms with Gasteiger partial charge in [0.15, 0.2) is 0 Å². The molecule has 0 saturated heterocycles. The van der Waals surface area contributed by atoms with Crippen LogP contribution in [0.1, 0.15) is 35.5 Å². The zero-order chi connectivity index (χ0) is 17.3. The number of H-pyrrole nitrogens is 1. The molecule has 1 heterocycles. The van der Waals surface area contributed by atoms with E-state index in [1.54, 1.807) is 0 Å². The summed E-state index contributed by atoms with van der Waals surface area (Å²) >= 11 is 0. The lowest BCUT2D eigenvalue weighted by Gasteiger charge is -2.26. The maximum absolute atomic E-state index is 13.0. The Kier molecular flexibility index (Phi) is 4.14. The molecule has 3 nitrogen and oxygen atoms in total. The van der Waals surface area contributed by atoms with Gasteiger partial charge in [-0.2, -0.15) is 0 Å². The van der Waals surface area contributed by atoms with Crippen molar-refractivity contribution in [2.24, 2.45) is 0 Å². The number of amides is 1. The van der Waals surface area contributed by atoms with Crippen LogP contribution < -0.4 is 5.32 Å². The Balaban J connectivity index is 1.81. The summed E-state index contributed by atoms with van der Waals surface area (Å²) in [5.41, 5.74) is 3.64. The van der Waals surface area contributed by atoms with E-state index in [4.69, 9.17) is 0 Å². The van der Waals surface area contributed by atoms with Crippen LogP contribution in [0.25, 0.3) is 10.9 Å². The van der Waals surface area contributed by atoms with Crippen molar-refractivity contribution < 1.29 is 9.18 Å². The smallest absolute Gasteiger partial charge is 0.251 e. The normalized spacial score (nSPS) is 11.7. The molecule has 0 aliphatic heterocycles. The van der Waals surface area contributed by atoms with Crippen LogP contribution >= 0.6 is 0 Å². The van der Waals surface area contributed by atoms with Gasteiger partial charge >= 0.3 is 0 Å². The lowest BCUT2D eigenvalue weighted by molar-refractivity contribution is 0.0945. The number of aromatic amines is 1. The number of rotatable bonds is 4. The molecule has 2 N–H and O–H groups in total. The van der Waals surface area contributed by atoms with E-state index in [1.165, 1.54) is 35.2 Å². The topological polar surface area (TPSA) is 44.9 Å². The molecule has 0 aliphatic carbocycles. The van der Waals surface area contributed by atoms with Gasteiger partial charge in [0, 0.05) is 34.1 Å². The molecular weight excluding hydrogens is 303 g/mol. The number of para-hydroxylation sites is 1. The quantitative estimate of drug-likeness (QED) is 0.737. The Morgan fingerprint density at radius 3 is 2.50 bits per heavy atom. The molecule has 3 rings (SSSR count). The number of fused-ring (bicyclic) bond motifs is 1. The van der Waals surface area contributed by atoms with Crippen LogP contribution in [-0.2, 0) is 5.41 Å². The Morgan fingerprint density at radius 2 is 1.79 bits per heavy atom. The van der Waals surface area contributed by atoms with Gasteiger partial charge in [-0.15, -0.1) is 0 Å². The van der Waals surface area contributed by atoms with Crippen LogP contribution in [0.3, 0.4) is 0 Å². The van der Waals surface area contributed by atoms with E-state index in [0.717, 1.165) is 11.2 Å². The Labute approximate surface area is 140 Å². The zero-order valence-electron chi connectivity index (χ0n) is 14.1. The molecule has 0 atom stereocenters. The summed E-state index contributed by atoms with van der Waals surface area (Å²) in [5, 5.41) is 4.14. The molecule has 0 radical (unpaired) electrons. The van der Waals surface area contributed by atoms with Gasteiger partial charge in [-0.3, -0.25) is 4.79 Å². The van der Waals surface area contributed by atoms with Crippen molar-refractivity contribution >= 4 is 16.8 Å². The third-order valence-electron chi connectivity index (χ3n) is 4.37. The van der Waals surface area contributed by atoms with Gasteiger partial charge in [0.25, 0.3) is 5.91 Å². The van der Waals surface area contributed by atoms with Gasteiger partial charge in [-0.1, -0.05) is 32.0 Å². The molecule has 0 bridgehead atoms. The molecule has 2 aromatic carbocycles. The van der Waals surface area contributed by atoms with Crippen LogP contribution in [0.5, 0.6) is 0 Å². The van der Waals surface area contributed by atoms with Gasteiger partial charge < -0.3 is 10.3 Å². The highest BCUT2D eigenvalue weighted by Crippen LogP contribution is 2.33. The Hall–Kier alpha value is -2.62. The predicted octanol–water partition coefficient (Wildman–Crippen LogP) is 4.32. The summed E-state index contributed by atoms with van der Waals surface area (Å²) in [6.07, 6.45) is 0. The predicted molar refractivity (Wildman–Crippen MR) is 94.8 cm³/mol. The van der Waals surface area contributed by atoms with Crippen molar-refractivity contribution in [3.63, 3.8) is 0 Å². The minimum absolute atomic E-state index is 0.194. The van der Waals surface area contributed by atoms with Crippen molar-refractivity contribution in [1.82, 2.24) is 10.3 Å². The number of carbonyl (C=O) groups is 1. The van der Waals surface area contributed by atoms with Gasteiger partial charge in [0.1, 0.15) is 5.82 Å². The summed E-state index contributed by atoms with van der Waals surface area (Å²) in [4.78, 5) is 15.7. The van der Waals surface area contributed by atoms with Crippen molar-refractivity contribution in [2.75, 3.05) is 6.54 Å². The van der Waals surface area contributed by atoms with E-state index in [9.17, 15) is 9.18 Å². The average molecular weight is 324 g/mol. The van der Waals surface area contributed by atoms with Crippen LogP contribution in [0.15, 0.2) is 48.5 Å². The number of benzene rings is 2. The lowest BCUT2D eigenvalue weighted by atomic mass is 9.82. The number of aryl methyl sites for hydroxylation is 1. The van der Waals surface area contributed by atoms with E-state index < -0.39 is 0 Å². The monoisotopic (exact) mass is 324 g/mol. The van der Waals surface area contributed by atoms with Gasteiger partial charge in [0.05, 0.1) is 0 Å². The van der Waals surface area contributed by atoms with Gasteiger partial charge in [0.2, 0.25) is 0 Å². The van der Waals surface area contributed by atoms with E-state index in [-0.39, 0.29) is 17.1 Å². The van der Waals surface area contributed by atoms with Crippen LogP contribution in [0.2, 0.25) is 0 Å². The Morgan fingerprint density at radius 1 is 1.12 bits per heavy atom. The second-order valence-electron chi connectivity index (χ2n) is 6.74. The lowest BCUT2D eigenvalue weighted by Crippen LogP contribution is -2.37. The first kappa shape index (κ1) is 16.2. The first-order valence-corrected chi connectivity index (χ1v) is 8.00. The highest BCUT2D eigenvalue weighted by molar-refractivity contribution is 5.94. The average Bonchev–Trinajstić information content (AvgIpc) is 2.90. The molecule has 24 heavy (non-hydrogen) atoms. The second kappa shape index (κ2) is 6.11. The molecule has 3 aromatic rings.